The fourth-order valence-electron chi connectivity index (χ4n) is 1.90. The summed E-state index contributed by atoms with van der Waals surface area (Å²) >= 11 is 5.93. The second kappa shape index (κ2) is 6.48. The van der Waals surface area contributed by atoms with Crippen LogP contribution in [-0.4, -0.2) is 7.11 Å². The normalized spacial score (nSPS) is 10.3. The lowest BCUT2D eigenvalue weighted by atomic mass is 10.1. The number of para-hydroxylation sites is 1. The minimum atomic E-state index is 0.458. The van der Waals surface area contributed by atoms with Gasteiger partial charge in [0.25, 0.3) is 0 Å². The highest BCUT2D eigenvalue weighted by molar-refractivity contribution is 6.17. The summed E-state index contributed by atoms with van der Waals surface area (Å²) in [6.07, 6.45) is 0. The zero-order chi connectivity index (χ0) is 13.7. The van der Waals surface area contributed by atoms with Crippen LogP contribution in [0.3, 0.4) is 0 Å². The van der Waals surface area contributed by atoms with Crippen molar-refractivity contribution in [3.05, 3.63) is 59.2 Å². The molecule has 19 heavy (non-hydrogen) atoms. The van der Waals surface area contributed by atoms with E-state index in [2.05, 4.69) is 0 Å². The number of halogens is 1. The van der Waals surface area contributed by atoms with Gasteiger partial charge in [-0.1, -0.05) is 30.3 Å². The van der Waals surface area contributed by atoms with E-state index in [0.29, 0.717) is 12.5 Å². The molecule has 0 fully saturated rings. The summed E-state index contributed by atoms with van der Waals surface area (Å²) in [4.78, 5) is 0. The number of ether oxygens (including phenoxy) is 2. The zero-order valence-electron chi connectivity index (χ0n) is 11.2. The van der Waals surface area contributed by atoms with Gasteiger partial charge in [-0.05, 0) is 30.2 Å². The lowest BCUT2D eigenvalue weighted by Crippen LogP contribution is -1.99. The van der Waals surface area contributed by atoms with Crippen LogP contribution >= 0.6 is 11.6 Å². The van der Waals surface area contributed by atoms with Crippen LogP contribution in [0.2, 0.25) is 0 Å². The van der Waals surface area contributed by atoms with Crippen LogP contribution in [0.5, 0.6) is 11.5 Å². The molecule has 0 bridgehead atoms. The van der Waals surface area contributed by atoms with E-state index >= 15 is 0 Å². The van der Waals surface area contributed by atoms with Gasteiger partial charge in [0.1, 0.15) is 18.1 Å². The summed E-state index contributed by atoms with van der Waals surface area (Å²) in [5, 5.41) is 0. The molecule has 0 atom stereocenters. The average molecular weight is 277 g/mol. The van der Waals surface area contributed by atoms with Gasteiger partial charge < -0.3 is 9.47 Å². The van der Waals surface area contributed by atoms with E-state index in [4.69, 9.17) is 21.1 Å². The largest absolute Gasteiger partial charge is 0.497 e. The number of benzene rings is 2. The van der Waals surface area contributed by atoms with Gasteiger partial charge in [0.2, 0.25) is 0 Å². The maximum Gasteiger partial charge on any atom is 0.127 e. The van der Waals surface area contributed by atoms with E-state index in [1.165, 1.54) is 0 Å². The Kier molecular flexibility index (Phi) is 4.69. The van der Waals surface area contributed by atoms with Crippen molar-refractivity contribution in [2.45, 2.75) is 19.4 Å². The van der Waals surface area contributed by atoms with Crippen LogP contribution in [0.15, 0.2) is 42.5 Å². The fourth-order valence-corrected chi connectivity index (χ4v) is 2.11. The second-order valence-electron chi connectivity index (χ2n) is 4.33. The molecule has 0 spiro atoms. The molecule has 100 valence electrons. The Morgan fingerprint density at radius 3 is 2.42 bits per heavy atom. The Hall–Kier alpha value is -1.67. The van der Waals surface area contributed by atoms with Gasteiger partial charge in [-0.15, -0.1) is 11.6 Å². The maximum atomic E-state index is 5.93. The van der Waals surface area contributed by atoms with Gasteiger partial charge in [-0.25, -0.2) is 0 Å². The first-order valence-electron chi connectivity index (χ1n) is 6.14. The zero-order valence-corrected chi connectivity index (χ0v) is 11.9. The Balaban J connectivity index is 2.09. The van der Waals surface area contributed by atoms with Gasteiger partial charge in [-0.2, -0.15) is 0 Å². The highest BCUT2D eigenvalue weighted by atomic mass is 35.5. The van der Waals surface area contributed by atoms with Gasteiger partial charge in [0, 0.05) is 5.56 Å². The Labute approximate surface area is 118 Å². The van der Waals surface area contributed by atoms with Crippen molar-refractivity contribution >= 4 is 11.6 Å². The van der Waals surface area contributed by atoms with E-state index in [1.54, 1.807) is 7.11 Å². The van der Waals surface area contributed by atoms with Gasteiger partial charge in [0.05, 0.1) is 13.0 Å². The summed E-state index contributed by atoms with van der Waals surface area (Å²) in [6, 6.07) is 13.9. The predicted octanol–water partition coefficient (Wildman–Crippen LogP) is 4.32. The average Bonchev–Trinajstić information content (AvgIpc) is 2.46. The van der Waals surface area contributed by atoms with E-state index in [0.717, 1.165) is 28.2 Å². The fraction of sp³-hybridized carbons (Fsp3) is 0.250. The standard InChI is InChI=1S/C16H17ClO2/c1-12-4-3-5-14(10-17)16(12)19-11-13-6-8-15(18-2)9-7-13/h3-9H,10-11H2,1-2H3. The number of methoxy groups -OCH3 is 1. The highest BCUT2D eigenvalue weighted by Gasteiger charge is 2.06. The number of hydrogen-bond acceptors (Lipinski definition) is 2. The SMILES string of the molecule is COc1ccc(COc2c(C)cccc2CCl)cc1. The van der Waals surface area contributed by atoms with Crippen LogP contribution in [0, 0.1) is 6.92 Å². The summed E-state index contributed by atoms with van der Waals surface area (Å²) in [7, 11) is 1.66. The molecule has 0 saturated carbocycles. The predicted molar refractivity (Wildman–Crippen MR) is 78.1 cm³/mol. The van der Waals surface area contributed by atoms with Crippen LogP contribution in [-0.2, 0) is 12.5 Å². The molecule has 0 unspecified atom stereocenters. The highest BCUT2D eigenvalue weighted by Crippen LogP contribution is 2.26. The van der Waals surface area contributed by atoms with Crippen molar-refractivity contribution < 1.29 is 9.47 Å². The van der Waals surface area contributed by atoms with E-state index in [1.807, 2.05) is 49.4 Å². The minimum Gasteiger partial charge on any atom is -0.497 e. The molecular weight excluding hydrogens is 260 g/mol. The number of alkyl halides is 1. The summed E-state index contributed by atoms with van der Waals surface area (Å²) < 4.78 is 11.0. The molecule has 0 radical (unpaired) electrons. The van der Waals surface area contributed by atoms with Crippen molar-refractivity contribution in [1.82, 2.24) is 0 Å². The van der Waals surface area contributed by atoms with Gasteiger partial charge in [-0.3, -0.25) is 0 Å². The quantitative estimate of drug-likeness (QED) is 0.757. The Morgan fingerprint density at radius 1 is 1.05 bits per heavy atom. The third-order valence-corrected chi connectivity index (χ3v) is 3.27. The molecule has 2 nitrogen and oxygen atoms in total. The molecular formula is C16H17ClO2. The van der Waals surface area contributed by atoms with Crippen molar-refractivity contribution in [1.29, 1.82) is 0 Å². The maximum absolute atomic E-state index is 5.93. The molecule has 0 amide bonds. The lowest BCUT2D eigenvalue weighted by Gasteiger charge is -2.13. The minimum absolute atomic E-state index is 0.458. The Bertz CT molecular complexity index is 535. The molecule has 0 aliphatic carbocycles. The van der Waals surface area contributed by atoms with E-state index in [-0.39, 0.29) is 0 Å². The van der Waals surface area contributed by atoms with Gasteiger partial charge in [0.15, 0.2) is 0 Å². The molecule has 0 aromatic heterocycles. The van der Waals surface area contributed by atoms with Crippen molar-refractivity contribution in [3.63, 3.8) is 0 Å². The van der Waals surface area contributed by atoms with Crippen LogP contribution in [0.1, 0.15) is 16.7 Å². The van der Waals surface area contributed by atoms with Crippen LogP contribution in [0.4, 0.5) is 0 Å². The van der Waals surface area contributed by atoms with Gasteiger partial charge >= 0.3 is 0 Å². The first kappa shape index (κ1) is 13.8. The van der Waals surface area contributed by atoms with Crippen LogP contribution in [0.25, 0.3) is 0 Å². The van der Waals surface area contributed by atoms with Crippen molar-refractivity contribution in [3.8, 4) is 11.5 Å². The molecule has 0 aliphatic rings. The van der Waals surface area contributed by atoms with E-state index in [9.17, 15) is 0 Å². The molecule has 3 heteroatoms. The second-order valence-corrected chi connectivity index (χ2v) is 4.60. The van der Waals surface area contributed by atoms with E-state index < -0.39 is 0 Å². The molecule has 0 aliphatic heterocycles. The molecule has 0 N–H and O–H groups in total. The first-order chi connectivity index (χ1) is 9.24. The summed E-state index contributed by atoms with van der Waals surface area (Å²) in [5.74, 6) is 2.19. The van der Waals surface area contributed by atoms with Crippen molar-refractivity contribution in [2.24, 2.45) is 0 Å². The van der Waals surface area contributed by atoms with Crippen molar-refractivity contribution in [2.75, 3.05) is 7.11 Å². The Morgan fingerprint density at radius 2 is 1.79 bits per heavy atom. The molecule has 2 aromatic rings. The third-order valence-electron chi connectivity index (χ3n) is 2.98. The first-order valence-corrected chi connectivity index (χ1v) is 6.68. The summed E-state index contributed by atoms with van der Waals surface area (Å²) in [6.45, 7) is 2.55. The summed E-state index contributed by atoms with van der Waals surface area (Å²) in [5.41, 5.74) is 3.23. The number of hydrogen-bond donors (Lipinski definition) is 0. The molecule has 0 saturated heterocycles. The number of aryl methyl sites for hydroxylation is 1. The lowest BCUT2D eigenvalue weighted by molar-refractivity contribution is 0.301. The molecule has 0 heterocycles. The van der Waals surface area contributed by atoms with Crippen LogP contribution < -0.4 is 9.47 Å². The number of rotatable bonds is 5. The smallest absolute Gasteiger partial charge is 0.127 e. The monoisotopic (exact) mass is 276 g/mol. The molecule has 2 aromatic carbocycles. The topological polar surface area (TPSA) is 18.5 Å². The third kappa shape index (κ3) is 3.42. The molecule has 2 rings (SSSR count).